The molecule has 2 aromatic heterocycles. The fourth-order valence-corrected chi connectivity index (χ4v) is 5.84. The number of fused-ring (bicyclic) bond motifs is 3. The molecule has 8 nitrogen and oxygen atoms in total. The number of nitrogens with zero attached hydrogens (tertiary/aromatic N) is 6. The molecule has 1 atom stereocenters. The Balaban J connectivity index is 1.36. The number of para-hydroxylation sites is 2. The normalized spacial score (nSPS) is 19.2. The first-order valence-electron chi connectivity index (χ1n) is 13.0. The summed E-state index contributed by atoms with van der Waals surface area (Å²) in [5.74, 6) is 2.92. The van der Waals surface area contributed by atoms with E-state index in [0.717, 1.165) is 41.2 Å². The second kappa shape index (κ2) is 9.41. The van der Waals surface area contributed by atoms with Crippen LogP contribution < -0.4 is 9.64 Å². The summed E-state index contributed by atoms with van der Waals surface area (Å²) in [6, 6.07) is 15.6. The minimum atomic E-state index is 0.00316. The molecule has 1 saturated carbocycles. The van der Waals surface area contributed by atoms with Crippen molar-refractivity contribution < 1.29 is 9.53 Å². The molecule has 1 aliphatic heterocycles. The number of methoxy groups -OCH3 is 1. The minimum absolute atomic E-state index is 0.00316. The summed E-state index contributed by atoms with van der Waals surface area (Å²) in [6.45, 7) is 4.08. The third-order valence-electron chi connectivity index (χ3n) is 7.73. The van der Waals surface area contributed by atoms with Crippen molar-refractivity contribution in [2.75, 3.05) is 31.6 Å². The maximum absolute atomic E-state index is 13.4. The summed E-state index contributed by atoms with van der Waals surface area (Å²) < 4.78 is 7.65. The van der Waals surface area contributed by atoms with E-state index in [-0.39, 0.29) is 11.9 Å². The van der Waals surface area contributed by atoms with E-state index in [4.69, 9.17) is 14.8 Å². The highest BCUT2D eigenvalue weighted by Crippen LogP contribution is 2.35. The number of carbonyl (C=O) groups is 1. The lowest BCUT2D eigenvalue weighted by molar-refractivity contribution is 0.0669. The Bertz CT molecular complexity index is 1410. The molecule has 186 valence electrons. The number of hydrogen-bond acceptors (Lipinski definition) is 6. The average Bonchev–Trinajstić information content (AvgIpc) is 3.38. The van der Waals surface area contributed by atoms with Gasteiger partial charge < -0.3 is 14.5 Å². The minimum Gasteiger partial charge on any atom is -0.496 e. The molecule has 3 heterocycles. The molecule has 2 aromatic carbocycles. The molecule has 36 heavy (non-hydrogen) atoms. The zero-order chi connectivity index (χ0) is 24.6. The van der Waals surface area contributed by atoms with Crippen molar-refractivity contribution in [3.05, 3.63) is 59.9 Å². The van der Waals surface area contributed by atoms with Gasteiger partial charge in [-0.1, -0.05) is 43.5 Å². The van der Waals surface area contributed by atoms with E-state index < -0.39 is 0 Å². The van der Waals surface area contributed by atoms with Crippen LogP contribution in [0, 0.1) is 0 Å². The van der Waals surface area contributed by atoms with Crippen LogP contribution in [0.15, 0.2) is 48.5 Å². The predicted molar refractivity (Wildman–Crippen MR) is 140 cm³/mol. The first kappa shape index (κ1) is 22.8. The molecule has 4 aromatic rings. The summed E-state index contributed by atoms with van der Waals surface area (Å²) in [5, 5.41) is 10.4. The molecule has 1 aliphatic carbocycles. The maximum atomic E-state index is 13.4. The number of aromatic nitrogens is 4. The molecule has 0 N–H and O–H groups in total. The van der Waals surface area contributed by atoms with Gasteiger partial charge in [0.25, 0.3) is 5.91 Å². The van der Waals surface area contributed by atoms with Gasteiger partial charge in [-0.25, -0.2) is 9.38 Å². The zero-order valence-corrected chi connectivity index (χ0v) is 20.9. The number of piperazine rings is 1. The van der Waals surface area contributed by atoms with Crippen LogP contribution in [0.3, 0.4) is 0 Å². The molecule has 0 spiro atoms. The highest BCUT2D eigenvalue weighted by atomic mass is 16.5. The van der Waals surface area contributed by atoms with E-state index in [2.05, 4.69) is 27.4 Å². The molecule has 6 rings (SSSR count). The van der Waals surface area contributed by atoms with Crippen LogP contribution >= 0.6 is 0 Å². The van der Waals surface area contributed by atoms with Gasteiger partial charge in [-0.2, -0.15) is 0 Å². The lowest BCUT2D eigenvalue weighted by Crippen LogP contribution is -2.54. The van der Waals surface area contributed by atoms with Gasteiger partial charge in [-0.15, -0.1) is 10.2 Å². The largest absolute Gasteiger partial charge is 0.496 e. The Morgan fingerprint density at radius 2 is 1.75 bits per heavy atom. The Morgan fingerprint density at radius 1 is 0.972 bits per heavy atom. The molecule has 2 aliphatic rings. The first-order chi connectivity index (χ1) is 17.7. The van der Waals surface area contributed by atoms with Crippen LogP contribution in [0.1, 0.15) is 61.1 Å². The molecule has 0 radical (unpaired) electrons. The maximum Gasteiger partial charge on any atom is 0.257 e. The van der Waals surface area contributed by atoms with E-state index in [0.29, 0.717) is 36.9 Å². The van der Waals surface area contributed by atoms with Gasteiger partial charge in [-0.05, 0) is 44.0 Å². The molecule has 1 unspecified atom stereocenters. The van der Waals surface area contributed by atoms with Gasteiger partial charge in [0.15, 0.2) is 5.65 Å². The van der Waals surface area contributed by atoms with E-state index >= 15 is 0 Å². The molecule has 1 saturated heterocycles. The topological polar surface area (TPSA) is 75.9 Å². The smallest absolute Gasteiger partial charge is 0.257 e. The van der Waals surface area contributed by atoms with Crippen LogP contribution in [-0.4, -0.2) is 63.2 Å². The number of benzene rings is 2. The van der Waals surface area contributed by atoms with Crippen LogP contribution in [0.25, 0.3) is 16.6 Å². The van der Waals surface area contributed by atoms with Gasteiger partial charge >= 0.3 is 0 Å². The quantitative estimate of drug-likeness (QED) is 0.419. The number of carbonyl (C=O) groups excluding carboxylic acids is 1. The fraction of sp³-hybridized carbons (Fsp3) is 0.429. The molecule has 1 amide bonds. The van der Waals surface area contributed by atoms with Crippen LogP contribution in [0.5, 0.6) is 5.75 Å². The van der Waals surface area contributed by atoms with Crippen molar-refractivity contribution >= 4 is 28.4 Å². The Labute approximate surface area is 210 Å². The highest BCUT2D eigenvalue weighted by Gasteiger charge is 2.32. The van der Waals surface area contributed by atoms with Crippen molar-refractivity contribution in [2.45, 2.75) is 51.0 Å². The van der Waals surface area contributed by atoms with Crippen molar-refractivity contribution in [3.63, 3.8) is 0 Å². The fourth-order valence-electron chi connectivity index (χ4n) is 5.84. The van der Waals surface area contributed by atoms with Crippen LogP contribution in [-0.2, 0) is 0 Å². The standard InChI is InChI=1S/C28H32N6O2/c1-19-18-32(16-17-33(19)27(35)22-13-7-9-15-24(22)36-2)28-29-23-14-8-6-12-21(23)26-31-30-25(34(26)28)20-10-4-3-5-11-20/h6-9,12-15,19-20H,3-5,10-11,16-18H2,1-2H3. The van der Waals surface area contributed by atoms with Crippen molar-refractivity contribution in [2.24, 2.45) is 0 Å². The van der Waals surface area contributed by atoms with Crippen molar-refractivity contribution in [3.8, 4) is 5.75 Å². The summed E-state index contributed by atoms with van der Waals surface area (Å²) >= 11 is 0. The number of amides is 1. The number of ether oxygens (including phenoxy) is 1. The van der Waals surface area contributed by atoms with Gasteiger partial charge in [0.1, 0.15) is 11.6 Å². The van der Waals surface area contributed by atoms with Gasteiger partial charge in [0, 0.05) is 37.0 Å². The Kier molecular flexibility index (Phi) is 5.95. The molecular formula is C28H32N6O2. The van der Waals surface area contributed by atoms with Crippen LogP contribution in [0.4, 0.5) is 5.95 Å². The molecule has 2 fully saturated rings. The number of anilines is 1. The van der Waals surface area contributed by atoms with Gasteiger partial charge in [0.2, 0.25) is 5.95 Å². The van der Waals surface area contributed by atoms with Crippen LogP contribution in [0.2, 0.25) is 0 Å². The van der Waals surface area contributed by atoms with Crippen molar-refractivity contribution in [1.82, 2.24) is 24.5 Å². The van der Waals surface area contributed by atoms with E-state index in [1.165, 1.54) is 19.3 Å². The Morgan fingerprint density at radius 3 is 2.56 bits per heavy atom. The van der Waals surface area contributed by atoms with E-state index in [9.17, 15) is 4.79 Å². The second-order valence-electron chi connectivity index (χ2n) is 9.97. The summed E-state index contributed by atoms with van der Waals surface area (Å²) in [5.41, 5.74) is 2.39. The summed E-state index contributed by atoms with van der Waals surface area (Å²) in [6.07, 6.45) is 6.05. The summed E-state index contributed by atoms with van der Waals surface area (Å²) in [7, 11) is 1.60. The Hall–Kier alpha value is -3.68. The lowest BCUT2D eigenvalue weighted by atomic mass is 9.89. The van der Waals surface area contributed by atoms with Gasteiger partial charge in [-0.3, -0.25) is 4.79 Å². The number of rotatable bonds is 4. The van der Waals surface area contributed by atoms with E-state index in [1.54, 1.807) is 7.11 Å². The monoisotopic (exact) mass is 484 g/mol. The second-order valence-corrected chi connectivity index (χ2v) is 9.97. The molecular weight excluding hydrogens is 452 g/mol. The molecule has 0 bridgehead atoms. The number of hydrogen-bond donors (Lipinski definition) is 0. The molecule has 8 heteroatoms. The summed E-state index contributed by atoms with van der Waals surface area (Å²) in [4.78, 5) is 22.8. The SMILES string of the molecule is COc1ccccc1C(=O)N1CCN(c2nc3ccccc3c3nnc(C4CCCCC4)n23)CC1C. The average molecular weight is 485 g/mol. The predicted octanol–water partition coefficient (Wildman–Crippen LogP) is 4.68. The third kappa shape index (κ3) is 3.85. The highest BCUT2D eigenvalue weighted by molar-refractivity contribution is 5.97. The van der Waals surface area contributed by atoms with Crippen molar-refractivity contribution in [1.29, 1.82) is 0 Å². The van der Waals surface area contributed by atoms with E-state index in [1.807, 2.05) is 47.4 Å². The first-order valence-corrected chi connectivity index (χ1v) is 13.0. The van der Waals surface area contributed by atoms with Gasteiger partial charge in [0.05, 0.1) is 18.2 Å². The lowest BCUT2D eigenvalue weighted by Gasteiger charge is -2.40. The zero-order valence-electron chi connectivity index (χ0n) is 20.9. The third-order valence-corrected chi connectivity index (χ3v) is 7.73.